The number of anilines is 1. The first-order valence-electron chi connectivity index (χ1n) is 7.17. The van der Waals surface area contributed by atoms with Gasteiger partial charge in [-0.25, -0.2) is 9.78 Å². The summed E-state index contributed by atoms with van der Waals surface area (Å²) in [6, 6.07) is 10.1. The molecule has 0 saturated heterocycles. The topological polar surface area (TPSA) is 53.4 Å². The molecular formula is C16H20N2O2S. The lowest BCUT2D eigenvalue weighted by Crippen LogP contribution is -2.21. The Kier molecular flexibility index (Phi) is 5.33. The van der Waals surface area contributed by atoms with E-state index in [1.54, 1.807) is 0 Å². The van der Waals surface area contributed by atoms with Gasteiger partial charge < -0.3 is 10.0 Å². The molecule has 0 aliphatic carbocycles. The van der Waals surface area contributed by atoms with Gasteiger partial charge in [0.2, 0.25) is 0 Å². The highest BCUT2D eigenvalue weighted by Crippen LogP contribution is 2.23. The van der Waals surface area contributed by atoms with Crippen LogP contribution in [0.1, 0.15) is 40.6 Å². The number of hydrogen-bond donors (Lipinski definition) is 1. The van der Waals surface area contributed by atoms with E-state index < -0.39 is 5.97 Å². The first-order valence-corrected chi connectivity index (χ1v) is 7.99. The highest BCUT2D eigenvalue weighted by molar-refractivity contribution is 7.13. The molecule has 1 heterocycles. The monoisotopic (exact) mass is 304 g/mol. The average Bonchev–Trinajstić information content (AvgIpc) is 2.89. The third-order valence-electron chi connectivity index (χ3n) is 3.25. The van der Waals surface area contributed by atoms with Crippen LogP contribution in [0.4, 0.5) is 5.69 Å². The Morgan fingerprint density at radius 1 is 1.29 bits per heavy atom. The van der Waals surface area contributed by atoms with Crippen molar-refractivity contribution < 1.29 is 9.90 Å². The summed E-state index contributed by atoms with van der Waals surface area (Å²) in [5.74, 6) is -0.870. The van der Waals surface area contributed by atoms with Gasteiger partial charge in [-0.15, -0.1) is 11.3 Å². The number of carbonyl (C=O) groups is 1. The van der Waals surface area contributed by atoms with E-state index >= 15 is 0 Å². The van der Waals surface area contributed by atoms with E-state index in [1.807, 2.05) is 25.1 Å². The minimum Gasteiger partial charge on any atom is -0.477 e. The van der Waals surface area contributed by atoms with E-state index in [1.165, 1.54) is 11.3 Å². The maximum Gasteiger partial charge on any atom is 0.347 e. The van der Waals surface area contributed by atoms with Crippen LogP contribution in [0.25, 0.3) is 0 Å². The number of rotatable bonds is 7. The van der Waals surface area contributed by atoms with Crippen LogP contribution in [-0.2, 0) is 13.0 Å². The van der Waals surface area contributed by atoms with Crippen LogP contribution in [0.5, 0.6) is 0 Å². The molecule has 0 fully saturated rings. The van der Waals surface area contributed by atoms with Crippen LogP contribution in [0, 0.1) is 0 Å². The van der Waals surface area contributed by atoms with Gasteiger partial charge in [0.25, 0.3) is 0 Å². The predicted octanol–water partition coefficient (Wildman–Crippen LogP) is 3.82. The zero-order chi connectivity index (χ0) is 15.2. The van der Waals surface area contributed by atoms with Gasteiger partial charge in [-0.1, -0.05) is 31.5 Å². The van der Waals surface area contributed by atoms with Crippen molar-refractivity contribution in [3.8, 4) is 0 Å². The maximum absolute atomic E-state index is 11.3. The minimum atomic E-state index is -0.870. The quantitative estimate of drug-likeness (QED) is 0.845. The van der Waals surface area contributed by atoms with Crippen LogP contribution in [0.2, 0.25) is 0 Å². The molecule has 1 aromatic heterocycles. The number of benzene rings is 1. The van der Waals surface area contributed by atoms with Crippen molar-refractivity contribution in [3.63, 3.8) is 0 Å². The zero-order valence-electron chi connectivity index (χ0n) is 12.4. The molecule has 21 heavy (non-hydrogen) atoms. The summed E-state index contributed by atoms with van der Waals surface area (Å²) in [6.45, 7) is 5.63. The first kappa shape index (κ1) is 15.5. The van der Waals surface area contributed by atoms with Crippen molar-refractivity contribution in [1.29, 1.82) is 0 Å². The van der Waals surface area contributed by atoms with E-state index in [2.05, 4.69) is 28.9 Å². The largest absolute Gasteiger partial charge is 0.477 e. The molecule has 0 unspecified atom stereocenters. The Balaban J connectivity index is 2.22. The Morgan fingerprint density at radius 3 is 2.57 bits per heavy atom. The number of hydrogen-bond acceptors (Lipinski definition) is 4. The predicted molar refractivity (Wildman–Crippen MR) is 86.2 cm³/mol. The number of aromatic carboxylic acids is 1. The summed E-state index contributed by atoms with van der Waals surface area (Å²) in [5.41, 5.74) is 1.85. The molecule has 1 N–H and O–H groups in total. The fourth-order valence-corrected chi connectivity index (χ4v) is 3.19. The van der Waals surface area contributed by atoms with E-state index in [0.717, 1.165) is 30.1 Å². The normalized spacial score (nSPS) is 10.6. The molecule has 2 aromatic rings. The lowest BCUT2D eigenvalue weighted by Gasteiger charge is -2.21. The number of para-hydroxylation sites is 1. The maximum atomic E-state index is 11.3. The van der Waals surface area contributed by atoms with Crippen LogP contribution < -0.4 is 4.90 Å². The molecule has 4 nitrogen and oxygen atoms in total. The lowest BCUT2D eigenvalue weighted by molar-refractivity contribution is 0.0700. The molecule has 1 aromatic carbocycles. The number of thiazole rings is 1. The smallest absolute Gasteiger partial charge is 0.347 e. The number of nitrogens with zero attached hydrogens (tertiary/aromatic N) is 2. The van der Waals surface area contributed by atoms with Gasteiger partial charge in [-0.2, -0.15) is 0 Å². The number of carboxylic acids is 1. The van der Waals surface area contributed by atoms with Crippen LogP contribution >= 0.6 is 11.3 Å². The molecule has 0 atom stereocenters. The summed E-state index contributed by atoms with van der Waals surface area (Å²) in [7, 11) is 0. The Labute approximate surface area is 129 Å². The Morgan fingerprint density at radius 2 is 2.00 bits per heavy atom. The van der Waals surface area contributed by atoms with Crippen molar-refractivity contribution in [2.45, 2.75) is 33.2 Å². The molecule has 112 valence electrons. The van der Waals surface area contributed by atoms with Crippen molar-refractivity contribution in [2.75, 3.05) is 11.4 Å². The summed E-state index contributed by atoms with van der Waals surface area (Å²) in [5, 5.41) is 10.1. The summed E-state index contributed by atoms with van der Waals surface area (Å²) >= 11 is 1.29. The molecule has 5 heteroatoms. The van der Waals surface area contributed by atoms with Gasteiger partial charge in [0, 0.05) is 12.2 Å². The second kappa shape index (κ2) is 7.22. The van der Waals surface area contributed by atoms with Crippen LogP contribution in [0.15, 0.2) is 30.3 Å². The average molecular weight is 304 g/mol. The molecule has 0 amide bonds. The van der Waals surface area contributed by atoms with Gasteiger partial charge in [0.05, 0.1) is 12.2 Å². The van der Waals surface area contributed by atoms with E-state index in [0.29, 0.717) is 17.1 Å². The first-order chi connectivity index (χ1) is 10.2. The molecule has 0 aliphatic rings. The van der Waals surface area contributed by atoms with Crippen molar-refractivity contribution in [3.05, 3.63) is 45.9 Å². The van der Waals surface area contributed by atoms with Crippen LogP contribution in [0.3, 0.4) is 0 Å². The third-order valence-corrected chi connectivity index (χ3v) is 4.32. The molecule has 0 bridgehead atoms. The molecule has 2 rings (SSSR count). The fourth-order valence-electron chi connectivity index (χ4n) is 2.23. The second-order valence-corrected chi connectivity index (χ2v) is 5.87. The van der Waals surface area contributed by atoms with Crippen LogP contribution in [-0.4, -0.2) is 22.6 Å². The van der Waals surface area contributed by atoms with Gasteiger partial charge in [-0.05, 0) is 25.5 Å². The fraction of sp³-hybridized carbons (Fsp3) is 0.375. The summed E-state index contributed by atoms with van der Waals surface area (Å²) in [6.07, 6.45) is 1.62. The number of carboxylic acid groups (broad SMARTS) is 1. The second-order valence-electron chi connectivity index (χ2n) is 4.79. The van der Waals surface area contributed by atoms with Crippen molar-refractivity contribution in [1.82, 2.24) is 4.98 Å². The molecule has 0 radical (unpaired) electrons. The van der Waals surface area contributed by atoms with Gasteiger partial charge in [0.15, 0.2) is 0 Å². The SMILES string of the molecule is CCCc1nc(CN(CC)c2ccccc2)sc1C(=O)O. The van der Waals surface area contributed by atoms with Gasteiger partial charge in [0.1, 0.15) is 9.88 Å². The summed E-state index contributed by atoms with van der Waals surface area (Å²) < 4.78 is 0. The van der Waals surface area contributed by atoms with E-state index in [4.69, 9.17) is 0 Å². The lowest BCUT2D eigenvalue weighted by atomic mass is 10.2. The Bertz CT molecular complexity index is 596. The standard InChI is InChI=1S/C16H20N2O2S/c1-3-8-13-15(16(19)20)21-14(17-13)11-18(4-2)12-9-6-5-7-10-12/h5-7,9-10H,3-4,8,11H2,1-2H3,(H,19,20). The highest BCUT2D eigenvalue weighted by Gasteiger charge is 2.18. The molecular weight excluding hydrogens is 284 g/mol. The number of aromatic nitrogens is 1. The molecule has 0 aliphatic heterocycles. The minimum absolute atomic E-state index is 0.385. The van der Waals surface area contributed by atoms with Gasteiger partial charge in [-0.3, -0.25) is 0 Å². The molecule has 0 spiro atoms. The summed E-state index contributed by atoms with van der Waals surface area (Å²) in [4.78, 5) is 18.4. The molecule has 0 saturated carbocycles. The van der Waals surface area contributed by atoms with Crippen molar-refractivity contribution in [2.24, 2.45) is 0 Å². The van der Waals surface area contributed by atoms with E-state index in [9.17, 15) is 9.90 Å². The Hall–Kier alpha value is -1.88. The highest BCUT2D eigenvalue weighted by atomic mass is 32.1. The zero-order valence-corrected chi connectivity index (χ0v) is 13.2. The number of aryl methyl sites for hydroxylation is 1. The van der Waals surface area contributed by atoms with Crippen molar-refractivity contribution >= 4 is 23.0 Å². The van der Waals surface area contributed by atoms with Gasteiger partial charge >= 0.3 is 5.97 Å². The van der Waals surface area contributed by atoms with E-state index in [-0.39, 0.29) is 0 Å². The third kappa shape index (κ3) is 3.82.